The molecule has 0 spiro atoms. The van der Waals surface area contributed by atoms with Gasteiger partial charge in [0.05, 0.1) is 9.82 Å². The Labute approximate surface area is 140 Å². The van der Waals surface area contributed by atoms with Gasteiger partial charge >= 0.3 is 6.18 Å². The molecule has 1 fully saturated rings. The Morgan fingerprint density at radius 2 is 2.04 bits per heavy atom. The van der Waals surface area contributed by atoms with Crippen molar-refractivity contribution in [2.24, 2.45) is 0 Å². The van der Waals surface area contributed by atoms with E-state index in [0.717, 1.165) is 24.5 Å². The summed E-state index contributed by atoms with van der Waals surface area (Å²) in [5.74, 6) is -0.821. The number of carbonyl (C=O) groups is 1. The predicted octanol–water partition coefficient (Wildman–Crippen LogP) is 1.57. The Balaban J connectivity index is 2.23. The third-order valence-electron chi connectivity index (χ3n) is 3.59. The zero-order chi connectivity index (χ0) is 19.0. The molecule has 1 atom stereocenters. The number of anilines is 1. The summed E-state index contributed by atoms with van der Waals surface area (Å²) < 4.78 is 60.2. The van der Waals surface area contributed by atoms with Crippen LogP contribution in [-0.4, -0.2) is 55.7 Å². The number of nitro groups is 1. The number of nitro benzene ring substituents is 1. The SMILES string of the molecule is CS(=O)(=O)c1ccc(NC2CCN(CC(F)(F)F)C2=O)c([N+](=O)[O-])c1. The standard InChI is InChI=1S/C13H14F3N3O5S/c1-25(23,24)8-2-3-9(11(6-8)19(21)22)17-10-4-5-18(12(10)20)7-13(14,15)16/h2-3,6,10,17H,4-5,7H2,1H3. The van der Waals surface area contributed by atoms with Crippen LogP contribution >= 0.6 is 0 Å². The van der Waals surface area contributed by atoms with Crippen molar-refractivity contribution in [1.82, 2.24) is 4.90 Å². The van der Waals surface area contributed by atoms with Crippen molar-refractivity contribution in [2.75, 3.05) is 24.7 Å². The summed E-state index contributed by atoms with van der Waals surface area (Å²) in [5.41, 5.74) is -0.713. The Bertz CT molecular complexity index is 810. The summed E-state index contributed by atoms with van der Waals surface area (Å²) in [6.07, 6.45) is -3.61. The Kier molecular flexibility index (Phi) is 4.93. The number of rotatable bonds is 5. The fourth-order valence-electron chi connectivity index (χ4n) is 2.45. The van der Waals surface area contributed by atoms with Gasteiger partial charge in [-0.05, 0) is 18.6 Å². The summed E-state index contributed by atoms with van der Waals surface area (Å²) in [6.45, 7) is -1.52. The Morgan fingerprint density at radius 3 is 2.56 bits per heavy atom. The van der Waals surface area contributed by atoms with Crippen molar-refractivity contribution in [3.8, 4) is 0 Å². The van der Waals surface area contributed by atoms with E-state index in [4.69, 9.17) is 0 Å². The molecule has 8 nitrogen and oxygen atoms in total. The number of alkyl halides is 3. The number of likely N-dealkylation sites (tertiary alicyclic amines) is 1. The van der Waals surface area contributed by atoms with E-state index in [2.05, 4.69) is 5.32 Å². The number of carbonyl (C=O) groups excluding carboxylic acids is 1. The van der Waals surface area contributed by atoms with Crippen LogP contribution < -0.4 is 5.32 Å². The van der Waals surface area contributed by atoms with Gasteiger partial charge in [0, 0.05) is 18.9 Å². The average molecular weight is 381 g/mol. The van der Waals surface area contributed by atoms with Gasteiger partial charge in [0.25, 0.3) is 5.69 Å². The van der Waals surface area contributed by atoms with Crippen molar-refractivity contribution < 1.29 is 31.3 Å². The molecule has 1 aliphatic heterocycles. The number of hydrogen-bond acceptors (Lipinski definition) is 6. The van der Waals surface area contributed by atoms with Crippen LogP contribution in [0.1, 0.15) is 6.42 Å². The van der Waals surface area contributed by atoms with Crippen LogP contribution in [-0.2, 0) is 14.6 Å². The molecule has 12 heteroatoms. The van der Waals surface area contributed by atoms with Gasteiger partial charge < -0.3 is 10.2 Å². The highest BCUT2D eigenvalue weighted by molar-refractivity contribution is 7.90. The van der Waals surface area contributed by atoms with E-state index in [-0.39, 0.29) is 23.5 Å². The summed E-state index contributed by atoms with van der Waals surface area (Å²) in [6, 6.07) is 2.03. The third-order valence-corrected chi connectivity index (χ3v) is 4.70. The van der Waals surface area contributed by atoms with Crippen LogP contribution in [0.2, 0.25) is 0 Å². The van der Waals surface area contributed by atoms with Gasteiger partial charge in [-0.3, -0.25) is 14.9 Å². The molecule has 1 aromatic rings. The topological polar surface area (TPSA) is 110 Å². The largest absolute Gasteiger partial charge is 0.406 e. The summed E-state index contributed by atoms with van der Waals surface area (Å²) in [7, 11) is -3.68. The molecule has 0 bridgehead atoms. The second-order valence-corrected chi connectivity index (χ2v) is 7.58. The van der Waals surface area contributed by atoms with Gasteiger partial charge in [-0.25, -0.2) is 8.42 Å². The van der Waals surface area contributed by atoms with E-state index in [1.165, 1.54) is 0 Å². The van der Waals surface area contributed by atoms with E-state index in [1.54, 1.807) is 0 Å². The van der Waals surface area contributed by atoms with E-state index < -0.39 is 45.1 Å². The minimum atomic E-state index is -4.53. The van der Waals surface area contributed by atoms with Crippen LogP contribution in [0.4, 0.5) is 24.5 Å². The molecule has 1 aliphatic rings. The highest BCUT2D eigenvalue weighted by atomic mass is 32.2. The quantitative estimate of drug-likeness (QED) is 0.613. The fraction of sp³-hybridized carbons (Fsp3) is 0.462. The van der Waals surface area contributed by atoms with Gasteiger partial charge in [-0.15, -0.1) is 0 Å². The number of hydrogen-bond donors (Lipinski definition) is 1. The van der Waals surface area contributed by atoms with Crippen molar-refractivity contribution in [3.05, 3.63) is 28.3 Å². The number of sulfone groups is 1. The first-order valence-electron chi connectivity index (χ1n) is 6.99. The van der Waals surface area contributed by atoms with Gasteiger partial charge in [-0.2, -0.15) is 13.2 Å². The zero-order valence-electron chi connectivity index (χ0n) is 12.9. The molecule has 0 aromatic heterocycles. The molecule has 1 amide bonds. The lowest BCUT2D eigenvalue weighted by atomic mass is 10.2. The van der Waals surface area contributed by atoms with Crippen LogP contribution in [0, 0.1) is 10.1 Å². The van der Waals surface area contributed by atoms with Crippen molar-refractivity contribution >= 4 is 27.1 Å². The smallest absolute Gasteiger partial charge is 0.368 e. The molecule has 1 N–H and O–H groups in total. The second kappa shape index (κ2) is 6.50. The Hall–Kier alpha value is -2.37. The molecule has 1 unspecified atom stereocenters. The van der Waals surface area contributed by atoms with Gasteiger partial charge in [0.2, 0.25) is 5.91 Å². The third kappa shape index (κ3) is 4.59. The maximum absolute atomic E-state index is 12.4. The van der Waals surface area contributed by atoms with Crippen LogP contribution in [0.15, 0.2) is 23.1 Å². The van der Waals surface area contributed by atoms with Crippen LogP contribution in [0.5, 0.6) is 0 Å². The molecular formula is C13H14F3N3O5S. The van der Waals surface area contributed by atoms with E-state index in [1.807, 2.05) is 0 Å². The van der Waals surface area contributed by atoms with Crippen molar-refractivity contribution in [1.29, 1.82) is 0 Å². The minimum absolute atomic E-state index is 0.0416. The minimum Gasteiger partial charge on any atom is -0.368 e. The zero-order valence-corrected chi connectivity index (χ0v) is 13.7. The first-order valence-corrected chi connectivity index (χ1v) is 8.88. The maximum Gasteiger partial charge on any atom is 0.406 e. The number of amides is 1. The molecule has 25 heavy (non-hydrogen) atoms. The molecule has 2 rings (SSSR count). The van der Waals surface area contributed by atoms with E-state index >= 15 is 0 Å². The number of benzene rings is 1. The van der Waals surface area contributed by atoms with Gasteiger partial charge in [0.1, 0.15) is 18.3 Å². The molecule has 138 valence electrons. The molecule has 1 heterocycles. The van der Waals surface area contributed by atoms with Gasteiger partial charge in [-0.1, -0.05) is 0 Å². The Morgan fingerprint density at radius 1 is 1.40 bits per heavy atom. The predicted molar refractivity (Wildman–Crippen MR) is 80.9 cm³/mol. The second-order valence-electron chi connectivity index (χ2n) is 5.57. The molecular weight excluding hydrogens is 367 g/mol. The lowest BCUT2D eigenvalue weighted by Crippen LogP contribution is -2.39. The molecule has 0 radical (unpaired) electrons. The summed E-state index contributed by atoms with van der Waals surface area (Å²) >= 11 is 0. The highest BCUT2D eigenvalue weighted by Gasteiger charge is 2.39. The molecule has 0 saturated carbocycles. The van der Waals surface area contributed by atoms with Crippen LogP contribution in [0.3, 0.4) is 0 Å². The lowest BCUT2D eigenvalue weighted by molar-refractivity contribution is -0.384. The molecule has 1 saturated heterocycles. The number of nitrogens with one attached hydrogen (secondary N) is 1. The first kappa shape index (κ1) is 19.0. The van der Waals surface area contributed by atoms with Crippen molar-refractivity contribution in [2.45, 2.75) is 23.5 Å². The first-order chi connectivity index (χ1) is 11.4. The normalized spacial score (nSPS) is 18.5. The average Bonchev–Trinajstić information content (AvgIpc) is 2.77. The van der Waals surface area contributed by atoms with Crippen molar-refractivity contribution in [3.63, 3.8) is 0 Å². The molecule has 1 aromatic carbocycles. The van der Waals surface area contributed by atoms with Crippen LogP contribution in [0.25, 0.3) is 0 Å². The lowest BCUT2D eigenvalue weighted by Gasteiger charge is -2.19. The highest BCUT2D eigenvalue weighted by Crippen LogP contribution is 2.30. The fourth-order valence-corrected chi connectivity index (χ4v) is 3.09. The number of halogens is 3. The summed E-state index contributed by atoms with van der Waals surface area (Å²) in [5, 5.41) is 13.7. The summed E-state index contributed by atoms with van der Waals surface area (Å²) in [4.78, 5) is 22.6. The van der Waals surface area contributed by atoms with E-state index in [0.29, 0.717) is 4.90 Å². The number of nitrogens with zero attached hydrogens (tertiary/aromatic N) is 2. The van der Waals surface area contributed by atoms with E-state index in [9.17, 15) is 36.5 Å². The maximum atomic E-state index is 12.4. The molecule has 0 aliphatic carbocycles. The van der Waals surface area contributed by atoms with Gasteiger partial charge in [0.15, 0.2) is 9.84 Å². The monoisotopic (exact) mass is 381 g/mol.